The summed E-state index contributed by atoms with van der Waals surface area (Å²) in [5.41, 5.74) is 0.884. The van der Waals surface area contributed by atoms with Gasteiger partial charge in [0.05, 0.1) is 19.4 Å². The Kier molecular flexibility index (Phi) is 32.6. The molecule has 1 aromatic rings. The van der Waals surface area contributed by atoms with E-state index in [-0.39, 0.29) is 11.9 Å². The number of phenols is 1. The minimum absolute atomic E-state index is 0.219. The van der Waals surface area contributed by atoms with Gasteiger partial charge in [-0.1, -0.05) is 219 Å². The van der Waals surface area contributed by atoms with Crippen LogP contribution >= 0.6 is 7.60 Å². The molecule has 0 heterocycles. The molecule has 0 aliphatic heterocycles. The van der Waals surface area contributed by atoms with E-state index in [4.69, 9.17) is 9.05 Å². The number of hydrogen-bond acceptors (Lipinski definition) is 4. The van der Waals surface area contributed by atoms with Crippen molar-refractivity contribution in [1.29, 1.82) is 0 Å². The zero-order valence-electron chi connectivity index (χ0n) is 32.2. The van der Waals surface area contributed by atoms with E-state index in [2.05, 4.69) is 13.8 Å². The Labute approximate surface area is 299 Å². The third-order valence-electron chi connectivity index (χ3n) is 9.88. The fourth-order valence-electron chi connectivity index (χ4n) is 6.66. The maximum absolute atomic E-state index is 13.7. The van der Waals surface area contributed by atoms with Crippen LogP contribution in [0.4, 0.5) is 0 Å². The van der Waals surface area contributed by atoms with Crippen LogP contribution in [0.25, 0.3) is 0 Å². The summed E-state index contributed by atoms with van der Waals surface area (Å²) in [6, 6.07) is 6.92. The lowest BCUT2D eigenvalue weighted by molar-refractivity contribution is 0.196. The number of unbranched alkanes of at least 4 members (excludes halogenated alkanes) is 30. The van der Waals surface area contributed by atoms with E-state index in [1.165, 1.54) is 180 Å². The standard InChI is InChI=1S/C43H81O4P/c1-3-5-7-9-11-13-15-17-19-21-23-25-27-29-31-33-39-46-48(45,41-42-35-37-43(44)38-36-42)47-40-34-32-30-28-26-24-22-20-18-16-14-12-10-8-6-4-2/h35-38,44H,3-34,39-41H2,1-2H3. The van der Waals surface area contributed by atoms with Crippen molar-refractivity contribution in [2.24, 2.45) is 0 Å². The Morgan fingerprint density at radius 3 is 0.938 bits per heavy atom. The van der Waals surface area contributed by atoms with Crippen LogP contribution in [-0.4, -0.2) is 18.3 Å². The smallest absolute Gasteiger partial charge is 0.335 e. The number of hydrogen-bond donors (Lipinski definition) is 1. The van der Waals surface area contributed by atoms with Gasteiger partial charge in [-0.15, -0.1) is 0 Å². The van der Waals surface area contributed by atoms with Gasteiger partial charge in [0.1, 0.15) is 5.75 Å². The molecule has 4 nitrogen and oxygen atoms in total. The molecular formula is C43H81O4P. The van der Waals surface area contributed by atoms with Crippen molar-refractivity contribution in [3.63, 3.8) is 0 Å². The van der Waals surface area contributed by atoms with E-state index in [1.807, 2.05) is 12.1 Å². The molecule has 1 aromatic carbocycles. The van der Waals surface area contributed by atoms with Gasteiger partial charge in [-0.25, -0.2) is 0 Å². The van der Waals surface area contributed by atoms with Crippen molar-refractivity contribution in [2.45, 2.75) is 225 Å². The van der Waals surface area contributed by atoms with Gasteiger partial charge >= 0.3 is 7.60 Å². The topological polar surface area (TPSA) is 55.8 Å². The second-order valence-electron chi connectivity index (χ2n) is 14.7. The molecule has 0 fully saturated rings. The molecule has 0 aromatic heterocycles. The first-order valence-corrected chi connectivity index (χ1v) is 23.0. The first kappa shape index (κ1) is 45.2. The van der Waals surface area contributed by atoms with Crippen molar-refractivity contribution in [1.82, 2.24) is 0 Å². The van der Waals surface area contributed by atoms with Crippen LogP contribution in [0.1, 0.15) is 225 Å². The zero-order valence-corrected chi connectivity index (χ0v) is 33.1. The van der Waals surface area contributed by atoms with Crippen LogP contribution in [0.2, 0.25) is 0 Å². The van der Waals surface area contributed by atoms with Gasteiger partial charge in [0.25, 0.3) is 0 Å². The summed E-state index contributed by atoms with van der Waals surface area (Å²) in [6.07, 6.45) is 43.0. The van der Waals surface area contributed by atoms with Crippen molar-refractivity contribution >= 4 is 7.60 Å². The van der Waals surface area contributed by atoms with E-state index in [0.29, 0.717) is 13.2 Å². The second kappa shape index (κ2) is 34.6. The molecule has 0 amide bonds. The minimum Gasteiger partial charge on any atom is -0.508 e. The molecule has 282 valence electrons. The van der Waals surface area contributed by atoms with Gasteiger partial charge in [-0.3, -0.25) is 4.57 Å². The molecule has 48 heavy (non-hydrogen) atoms. The fraction of sp³-hybridized carbons (Fsp3) is 0.860. The molecule has 0 bridgehead atoms. The van der Waals surface area contributed by atoms with Gasteiger partial charge in [0, 0.05) is 0 Å². The van der Waals surface area contributed by atoms with Crippen molar-refractivity contribution in [2.75, 3.05) is 13.2 Å². The number of phenolic OH excluding ortho intramolecular Hbond substituents is 1. The monoisotopic (exact) mass is 693 g/mol. The molecule has 0 saturated carbocycles. The zero-order chi connectivity index (χ0) is 34.6. The van der Waals surface area contributed by atoms with Crippen LogP contribution in [-0.2, 0) is 19.8 Å². The average Bonchev–Trinajstić information content (AvgIpc) is 3.08. The number of aromatic hydroxyl groups is 1. The van der Waals surface area contributed by atoms with Crippen LogP contribution in [0.15, 0.2) is 24.3 Å². The highest BCUT2D eigenvalue weighted by Crippen LogP contribution is 2.52. The fourth-order valence-corrected chi connectivity index (χ4v) is 8.39. The molecule has 5 heteroatoms. The first-order chi connectivity index (χ1) is 23.6. The third kappa shape index (κ3) is 30.0. The lowest BCUT2D eigenvalue weighted by Crippen LogP contribution is -2.02. The lowest BCUT2D eigenvalue weighted by atomic mass is 10.0. The van der Waals surface area contributed by atoms with Crippen LogP contribution in [0.3, 0.4) is 0 Å². The normalized spacial score (nSPS) is 11.9. The Morgan fingerprint density at radius 2 is 0.667 bits per heavy atom. The summed E-state index contributed by atoms with van der Waals surface area (Å²) in [4.78, 5) is 0. The summed E-state index contributed by atoms with van der Waals surface area (Å²) >= 11 is 0. The Bertz CT molecular complexity index is 785. The van der Waals surface area contributed by atoms with E-state index in [0.717, 1.165) is 31.2 Å². The van der Waals surface area contributed by atoms with Crippen molar-refractivity contribution in [3.05, 3.63) is 29.8 Å². The van der Waals surface area contributed by atoms with Crippen LogP contribution < -0.4 is 0 Å². The van der Waals surface area contributed by atoms with Crippen molar-refractivity contribution < 1.29 is 18.7 Å². The lowest BCUT2D eigenvalue weighted by Gasteiger charge is -2.19. The number of benzene rings is 1. The Morgan fingerprint density at radius 1 is 0.417 bits per heavy atom. The SMILES string of the molecule is CCCCCCCCCCCCCCCCCCOP(=O)(Cc1ccc(O)cc1)OCCCCCCCCCCCCCCCCCC. The van der Waals surface area contributed by atoms with Gasteiger partial charge in [0.2, 0.25) is 0 Å². The molecule has 0 spiro atoms. The highest BCUT2D eigenvalue weighted by atomic mass is 31.2. The molecule has 1 rings (SSSR count). The molecule has 0 radical (unpaired) electrons. The Hall–Kier alpha value is -0.830. The summed E-state index contributed by atoms with van der Waals surface area (Å²) in [7, 11) is -3.22. The molecule has 1 N–H and O–H groups in total. The first-order valence-electron chi connectivity index (χ1n) is 21.3. The molecule has 0 aliphatic carbocycles. The highest BCUT2D eigenvalue weighted by molar-refractivity contribution is 7.53. The van der Waals surface area contributed by atoms with Gasteiger partial charge in [-0.2, -0.15) is 0 Å². The Balaban J connectivity index is 2.08. The predicted octanol–water partition coefficient (Wildman–Crippen LogP) is 15.6. The largest absolute Gasteiger partial charge is 0.508 e. The summed E-state index contributed by atoms with van der Waals surface area (Å²) in [6.45, 7) is 5.56. The van der Waals surface area contributed by atoms with E-state index in [1.54, 1.807) is 12.1 Å². The van der Waals surface area contributed by atoms with E-state index in [9.17, 15) is 9.67 Å². The van der Waals surface area contributed by atoms with Crippen LogP contribution in [0.5, 0.6) is 5.75 Å². The predicted molar refractivity (Wildman–Crippen MR) is 210 cm³/mol. The quantitative estimate of drug-likeness (QED) is 0.0553. The van der Waals surface area contributed by atoms with Gasteiger partial charge in [0.15, 0.2) is 0 Å². The second-order valence-corrected chi connectivity index (χ2v) is 16.8. The molecule has 0 saturated heterocycles. The average molecular weight is 693 g/mol. The molecule has 0 unspecified atom stereocenters. The third-order valence-corrected chi connectivity index (χ3v) is 11.8. The maximum atomic E-state index is 13.7. The highest BCUT2D eigenvalue weighted by Gasteiger charge is 2.25. The van der Waals surface area contributed by atoms with Gasteiger partial charge in [-0.05, 0) is 30.5 Å². The summed E-state index contributed by atoms with van der Waals surface area (Å²) in [5, 5.41) is 9.66. The van der Waals surface area contributed by atoms with Crippen LogP contribution in [0, 0.1) is 0 Å². The minimum atomic E-state index is -3.22. The summed E-state index contributed by atoms with van der Waals surface area (Å²) < 4.78 is 25.6. The van der Waals surface area contributed by atoms with E-state index < -0.39 is 7.60 Å². The number of rotatable bonds is 38. The maximum Gasteiger partial charge on any atom is 0.335 e. The molecule has 0 aliphatic rings. The summed E-state index contributed by atoms with van der Waals surface area (Å²) in [5.74, 6) is 0.219. The molecular weight excluding hydrogens is 611 g/mol. The van der Waals surface area contributed by atoms with Gasteiger partial charge < -0.3 is 14.2 Å². The van der Waals surface area contributed by atoms with E-state index >= 15 is 0 Å². The van der Waals surface area contributed by atoms with Crippen molar-refractivity contribution in [3.8, 4) is 5.75 Å². The molecule has 0 atom stereocenters.